The van der Waals surface area contributed by atoms with Crippen molar-refractivity contribution in [3.63, 3.8) is 0 Å². The summed E-state index contributed by atoms with van der Waals surface area (Å²) in [5, 5.41) is 13.6. The third kappa shape index (κ3) is 6.41. The van der Waals surface area contributed by atoms with Crippen LogP contribution in [0.25, 0.3) is 11.4 Å². The molecule has 4 aromatic rings. The van der Waals surface area contributed by atoms with Gasteiger partial charge in [-0.15, -0.1) is 11.8 Å². The molecule has 2 aromatic heterocycles. The third-order valence-electron chi connectivity index (χ3n) is 5.63. The number of aromatic nitrogens is 2. The lowest BCUT2D eigenvalue weighted by molar-refractivity contribution is -0.138. The molecule has 0 amide bonds. The minimum Gasteiger partial charge on any atom is -0.480 e. The van der Waals surface area contributed by atoms with E-state index in [-0.39, 0.29) is 0 Å². The van der Waals surface area contributed by atoms with Crippen molar-refractivity contribution in [1.29, 1.82) is 0 Å². The molecule has 4 rings (SSSR count). The molecule has 0 saturated heterocycles. The number of aliphatic carboxylic acids is 1. The Morgan fingerprint density at radius 2 is 1.83 bits per heavy atom. The van der Waals surface area contributed by atoms with E-state index in [1.54, 1.807) is 20.1 Å². The van der Waals surface area contributed by atoms with E-state index in [9.17, 15) is 9.90 Å². The van der Waals surface area contributed by atoms with Crippen LogP contribution in [0.1, 0.15) is 42.2 Å². The molecule has 0 fully saturated rings. The van der Waals surface area contributed by atoms with Crippen LogP contribution >= 0.6 is 11.8 Å². The fraction of sp³-hybridized carbons (Fsp3) is 0.296. The van der Waals surface area contributed by atoms with Crippen LogP contribution in [-0.4, -0.2) is 30.9 Å². The summed E-state index contributed by atoms with van der Waals surface area (Å²) in [6, 6.07) is 17.9. The Bertz CT molecular complexity index is 1280. The SMILES string of the molecule is Cc1ccc(-c2noc(CN(Cc3ccc(SC(C)(C)C(=O)O)cc3)Cc3ccco3)n2)c(C)c1. The second-order valence-corrected chi connectivity index (χ2v) is 10.8. The van der Waals surface area contributed by atoms with Gasteiger partial charge in [0.2, 0.25) is 11.7 Å². The van der Waals surface area contributed by atoms with Gasteiger partial charge in [0.05, 0.1) is 19.4 Å². The highest BCUT2D eigenvalue weighted by Gasteiger charge is 2.28. The molecule has 2 heterocycles. The largest absolute Gasteiger partial charge is 0.480 e. The molecule has 0 aliphatic carbocycles. The zero-order valence-corrected chi connectivity index (χ0v) is 21.1. The molecule has 1 N–H and O–H groups in total. The van der Waals surface area contributed by atoms with E-state index in [1.165, 1.54) is 17.3 Å². The Kier molecular flexibility index (Phi) is 7.42. The van der Waals surface area contributed by atoms with Crippen LogP contribution in [-0.2, 0) is 24.4 Å². The lowest BCUT2D eigenvalue weighted by Gasteiger charge is -2.21. The first-order valence-electron chi connectivity index (χ1n) is 11.4. The van der Waals surface area contributed by atoms with Crippen molar-refractivity contribution in [3.05, 3.63) is 89.2 Å². The molecule has 0 spiro atoms. The number of carbonyl (C=O) groups is 1. The Morgan fingerprint density at radius 3 is 2.49 bits per heavy atom. The average Bonchev–Trinajstić information content (AvgIpc) is 3.47. The summed E-state index contributed by atoms with van der Waals surface area (Å²) in [5.74, 6) is 1.12. The number of aryl methyl sites for hydroxylation is 2. The highest BCUT2D eigenvalue weighted by Crippen LogP contribution is 2.33. The highest BCUT2D eigenvalue weighted by molar-refractivity contribution is 8.01. The number of furan rings is 1. The van der Waals surface area contributed by atoms with Crippen molar-refractivity contribution in [3.8, 4) is 11.4 Å². The topological polar surface area (TPSA) is 92.6 Å². The zero-order chi connectivity index (χ0) is 25.0. The standard InChI is InChI=1S/C27H29N3O4S/c1-18-7-12-23(19(2)14-18)25-28-24(34-29-25)17-30(16-21-6-5-13-33-21)15-20-8-10-22(11-9-20)35-27(3,4)26(31)32/h5-14H,15-17H2,1-4H3,(H,31,32). The first-order chi connectivity index (χ1) is 16.7. The molecule has 2 aromatic carbocycles. The van der Waals surface area contributed by atoms with Crippen LogP contribution in [0.15, 0.2) is 74.7 Å². The fourth-order valence-electron chi connectivity index (χ4n) is 3.73. The number of thioether (sulfide) groups is 1. The van der Waals surface area contributed by atoms with E-state index in [4.69, 9.17) is 8.94 Å². The summed E-state index contributed by atoms with van der Waals surface area (Å²) >= 11 is 1.33. The van der Waals surface area contributed by atoms with Gasteiger partial charge in [0.15, 0.2) is 0 Å². The quantitative estimate of drug-likeness (QED) is 0.266. The molecule has 182 valence electrons. The Hall–Kier alpha value is -3.36. The van der Waals surface area contributed by atoms with Crippen molar-refractivity contribution in [2.24, 2.45) is 0 Å². The molecule has 0 bridgehead atoms. The third-order valence-corrected chi connectivity index (χ3v) is 6.82. The van der Waals surface area contributed by atoms with E-state index in [2.05, 4.69) is 28.0 Å². The molecule has 7 nitrogen and oxygen atoms in total. The molecule has 0 aliphatic heterocycles. The molecule has 0 radical (unpaired) electrons. The van der Waals surface area contributed by atoms with Crippen molar-refractivity contribution in [1.82, 2.24) is 15.0 Å². The van der Waals surface area contributed by atoms with E-state index in [0.717, 1.165) is 27.3 Å². The van der Waals surface area contributed by atoms with Gasteiger partial charge in [0.25, 0.3) is 0 Å². The second kappa shape index (κ2) is 10.5. The van der Waals surface area contributed by atoms with Crippen LogP contribution in [0, 0.1) is 13.8 Å². The van der Waals surface area contributed by atoms with E-state index in [0.29, 0.717) is 31.3 Å². The van der Waals surface area contributed by atoms with E-state index in [1.807, 2.05) is 55.5 Å². The van der Waals surface area contributed by atoms with Gasteiger partial charge in [-0.25, -0.2) is 0 Å². The summed E-state index contributed by atoms with van der Waals surface area (Å²) in [5.41, 5.74) is 4.34. The molecule has 8 heteroatoms. The van der Waals surface area contributed by atoms with Gasteiger partial charge in [-0.3, -0.25) is 9.69 Å². The van der Waals surface area contributed by atoms with Gasteiger partial charge in [0.1, 0.15) is 10.5 Å². The summed E-state index contributed by atoms with van der Waals surface area (Å²) in [6.07, 6.45) is 1.66. The van der Waals surface area contributed by atoms with Crippen molar-refractivity contribution in [2.75, 3.05) is 0 Å². The number of benzene rings is 2. The smallest absolute Gasteiger partial charge is 0.319 e. The first kappa shape index (κ1) is 24.8. The van der Waals surface area contributed by atoms with Gasteiger partial charge in [0, 0.05) is 17.0 Å². The molecular weight excluding hydrogens is 462 g/mol. The molecule has 0 unspecified atom stereocenters. The van der Waals surface area contributed by atoms with Gasteiger partial charge < -0.3 is 14.0 Å². The van der Waals surface area contributed by atoms with E-state index >= 15 is 0 Å². The zero-order valence-electron chi connectivity index (χ0n) is 20.3. The van der Waals surface area contributed by atoms with Crippen molar-refractivity contribution < 1.29 is 18.8 Å². The lowest BCUT2D eigenvalue weighted by Crippen LogP contribution is -2.26. The van der Waals surface area contributed by atoms with Gasteiger partial charge in [-0.1, -0.05) is 41.1 Å². The van der Waals surface area contributed by atoms with Crippen LogP contribution < -0.4 is 0 Å². The van der Waals surface area contributed by atoms with Gasteiger partial charge >= 0.3 is 5.97 Å². The molecule has 35 heavy (non-hydrogen) atoms. The first-order valence-corrected chi connectivity index (χ1v) is 12.2. The number of hydrogen-bond acceptors (Lipinski definition) is 7. The number of rotatable bonds is 10. The van der Waals surface area contributed by atoms with Crippen molar-refractivity contribution >= 4 is 17.7 Å². The minimum atomic E-state index is -0.891. The van der Waals surface area contributed by atoms with Crippen LogP contribution in [0.3, 0.4) is 0 Å². The second-order valence-electron chi connectivity index (χ2n) is 9.12. The Morgan fingerprint density at radius 1 is 1.06 bits per heavy atom. The molecular formula is C27H29N3O4S. The molecule has 0 saturated carbocycles. The molecule has 0 atom stereocenters. The van der Waals surface area contributed by atoms with Crippen LogP contribution in [0.5, 0.6) is 0 Å². The number of nitrogens with zero attached hydrogens (tertiary/aromatic N) is 3. The maximum Gasteiger partial charge on any atom is 0.319 e. The Labute approximate surface area is 209 Å². The Balaban J connectivity index is 1.49. The lowest BCUT2D eigenvalue weighted by atomic mass is 10.1. The van der Waals surface area contributed by atoms with Gasteiger partial charge in [-0.2, -0.15) is 4.98 Å². The number of carboxylic acid groups (broad SMARTS) is 1. The minimum absolute atomic E-state index is 0.459. The highest BCUT2D eigenvalue weighted by atomic mass is 32.2. The predicted octanol–water partition coefficient (Wildman–Crippen LogP) is 6.10. The van der Waals surface area contributed by atoms with Gasteiger partial charge in [-0.05, 0) is 63.1 Å². The number of hydrogen-bond donors (Lipinski definition) is 1. The average molecular weight is 492 g/mol. The maximum absolute atomic E-state index is 11.4. The van der Waals surface area contributed by atoms with E-state index < -0.39 is 10.7 Å². The van der Waals surface area contributed by atoms with Crippen molar-refractivity contribution in [2.45, 2.75) is 57.0 Å². The van der Waals surface area contributed by atoms with Crippen LogP contribution in [0.4, 0.5) is 0 Å². The summed E-state index contributed by atoms with van der Waals surface area (Å²) in [6.45, 7) is 9.18. The predicted molar refractivity (Wildman–Crippen MR) is 135 cm³/mol. The number of carboxylic acids is 1. The van der Waals surface area contributed by atoms with Crippen LogP contribution in [0.2, 0.25) is 0 Å². The summed E-state index contributed by atoms with van der Waals surface area (Å²) < 4.78 is 10.3. The molecule has 0 aliphatic rings. The maximum atomic E-state index is 11.4. The monoisotopic (exact) mass is 491 g/mol. The fourth-order valence-corrected chi connectivity index (χ4v) is 4.68. The summed E-state index contributed by atoms with van der Waals surface area (Å²) in [7, 11) is 0. The normalized spacial score (nSPS) is 11.8. The summed E-state index contributed by atoms with van der Waals surface area (Å²) in [4.78, 5) is 19.2.